The number of hydrogen-bond acceptors (Lipinski definition) is 3. The Morgan fingerprint density at radius 1 is 1.50 bits per heavy atom. The van der Waals surface area contributed by atoms with Gasteiger partial charge < -0.3 is 9.47 Å². The number of rotatable bonds is 4. The highest BCUT2D eigenvalue weighted by atomic mass is 16.6. The molecule has 0 aliphatic heterocycles. The summed E-state index contributed by atoms with van der Waals surface area (Å²) in [5, 5.41) is 0. The summed E-state index contributed by atoms with van der Waals surface area (Å²) in [6, 6.07) is 0. The SMILES string of the molecule is C=C(C)COC(=O)COC. The van der Waals surface area contributed by atoms with Crippen molar-refractivity contribution >= 4 is 5.97 Å². The third kappa shape index (κ3) is 5.31. The Kier molecular flexibility index (Phi) is 4.58. The molecule has 0 aromatic heterocycles. The molecule has 0 saturated heterocycles. The van der Waals surface area contributed by atoms with Gasteiger partial charge in [-0.15, -0.1) is 0 Å². The third-order valence-electron chi connectivity index (χ3n) is 0.742. The van der Waals surface area contributed by atoms with Crippen molar-refractivity contribution in [2.45, 2.75) is 6.92 Å². The molecule has 0 heterocycles. The second-order valence-corrected chi connectivity index (χ2v) is 2.05. The van der Waals surface area contributed by atoms with E-state index in [1.807, 2.05) is 0 Å². The molecule has 0 N–H and O–H groups in total. The molecule has 0 unspecified atom stereocenters. The van der Waals surface area contributed by atoms with Crippen molar-refractivity contribution in [3.8, 4) is 0 Å². The molecular formula is C7H12O3. The van der Waals surface area contributed by atoms with Crippen LogP contribution in [0.25, 0.3) is 0 Å². The summed E-state index contributed by atoms with van der Waals surface area (Å²) in [6.45, 7) is 5.65. The summed E-state index contributed by atoms with van der Waals surface area (Å²) in [5.74, 6) is -0.356. The molecule has 0 aliphatic rings. The van der Waals surface area contributed by atoms with Crippen LogP contribution in [-0.2, 0) is 14.3 Å². The van der Waals surface area contributed by atoms with E-state index in [1.165, 1.54) is 7.11 Å². The lowest BCUT2D eigenvalue weighted by Crippen LogP contribution is -2.11. The maximum absolute atomic E-state index is 10.6. The van der Waals surface area contributed by atoms with Gasteiger partial charge in [0.1, 0.15) is 13.2 Å². The van der Waals surface area contributed by atoms with Gasteiger partial charge in [0.25, 0.3) is 0 Å². The maximum Gasteiger partial charge on any atom is 0.332 e. The topological polar surface area (TPSA) is 35.5 Å². The van der Waals surface area contributed by atoms with Gasteiger partial charge in [-0.1, -0.05) is 6.58 Å². The van der Waals surface area contributed by atoms with Gasteiger partial charge in [-0.05, 0) is 12.5 Å². The average molecular weight is 144 g/mol. The molecule has 10 heavy (non-hydrogen) atoms. The summed E-state index contributed by atoms with van der Waals surface area (Å²) in [7, 11) is 1.45. The van der Waals surface area contributed by atoms with Crippen LogP contribution in [0.5, 0.6) is 0 Å². The van der Waals surface area contributed by atoms with Crippen LogP contribution in [0.15, 0.2) is 12.2 Å². The van der Waals surface area contributed by atoms with Gasteiger partial charge in [-0.25, -0.2) is 4.79 Å². The van der Waals surface area contributed by atoms with Crippen molar-refractivity contribution in [3.63, 3.8) is 0 Å². The van der Waals surface area contributed by atoms with Gasteiger partial charge in [0.05, 0.1) is 0 Å². The highest BCUT2D eigenvalue weighted by molar-refractivity contribution is 5.70. The van der Waals surface area contributed by atoms with Gasteiger partial charge in [-0.3, -0.25) is 0 Å². The second-order valence-electron chi connectivity index (χ2n) is 2.05. The van der Waals surface area contributed by atoms with Crippen LogP contribution in [0.2, 0.25) is 0 Å². The van der Waals surface area contributed by atoms with Crippen LogP contribution < -0.4 is 0 Å². The second kappa shape index (κ2) is 4.99. The van der Waals surface area contributed by atoms with Crippen molar-refractivity contribution in [2.24, 2.45) is 0 Å². The zero-order chi connectivity index (χ0) is 7.98. The van der Waals surface area contributed by atoms with E-state index in [4.69, 9.17) is 0 Å². The number of hydrogen-bond donors (Lipinski definition) is 0. The van der Waals surface area contributed by atoms with E-state index < -0.39 is 0 Å². The number of ether oxygens (including phenoxy) is 2. The quantitative estimate of drug-likeness (QED) is 0.431. The Bertz CT molecular complexity index is 129. The minimum atomic E-state index is -0.356. The fraction of sp³-hybridized carbons (Fsp3) is 0.571. The van der Waals surface area contributed by atoms with Crippen molar-refractivity contribution in [3.05, 3.63) is 12.2 Å². The van der Waals surface area contributed by atoms with Crippen molar-refractivity contribution in [1.82, 2.24) is 0 Å². The van der Waals surface area contributed by atoms with Crippen molar-refractivity contribution in [2.75, 3.05) is 20.3 Å². The lowest BCUT2D eigenvalue weighted by atomic mass is 10.4. The normalized spacial score (nSPS) is 9.00. The van der Waals surface area contributed by atoms with Crippen molar-refractivity contribution < 1.29 is 14.3 Å². The zero-order valence-corrected chi connectivity index (χ0v) is 6.35. The summed E-state index contributed by atoms with van der Waals surface area (Å²) in [6.07, 6.45) is 0. The number of carbonyl (C=O) groups excluding carboxylic acids is 1. The standard InChI is InChI=1S/C7H12O3/c1-6(2)4-10-7(8)5-9-3/h1,4-5H2,2-3H3. The van der Waals surface area contributed by atoms with E-state index in [0.717, 1.165) is 5.57 Å². The molecule has 3 heteroatoms. The first kappa shape index (κ1) is 9.17. The smallest absolute Gasteiger partial charge is 0.332 e. The molecule has 0 rings (SSSR count). The van der Waals surface area contributed by atoms with E-state index in [2.05, 4.69) is 16.1 Å². The highest BCUT2D eigenvalue weighted by Gasteiger charge is 1.99. The van der Waals surface area contributed by atoms with Crippen LogP contribution in [0, 0.1) is 0 Å². The molecule has 0 radical (unpaired) electrons. The van der Waals surface area contributed by atoms with Crippen LogP contribution in [0.3, 0.4) is 0 Å². The number of carbonyl (C=O) groups is 1. The molecule has 3 nitrogen and oxygen atoms in total. The molecule has 0 saturated carbocycles. The minimum absolute atomic E-state index is 0.00722. The van der Waals surface area contributed by atoms with Crippen LogP contribution in [0.4, 0.5) is 0 Å². The Labute approximate surface area is 60.6 Å². The molecule has 0 aromatic carbocycles. The first-order valence-corrected chi connectivity index (χ1v) is 2.95. The van der Waals surface area contributed by atoms with E-state index in [0.29, 0.717) is 0 Å². The Morgan fingerprint density at radius 2 is 2.10 bits per heavy atom. The van der Waals surface area contributed by atoms with Gasteiger partial charge in [0, 0.05) is 7.11 Å². The Balaban J connectivity index is 3.30. The van der Waals surface area contributed by atoms with Gasteiger partial charge >= 0.3 is 5.97 Å². The molecule has 0 amide bonds. The fourth-order valence-electron chi connectivity index (χ4n) is 0.363. The van der Waals surface area contributed by atoms with E-state index >= 15 is 0 Å². The number of esters is 1. The first-order chi connectivity index (χ1) is 4.66. The summed E-state index contributed by atoms with van der Waals surface area (Å²) < 4.78 is 9.21. The van der Waals surface area contributed by atoms with Gasteiger partial charge in [0.2, 0.25) is 0 Å². The Morgan fingerprint density at radius 3 is 2.50 bits per heavy atom. The van der Waals surface area contributed by atoms with Gasteiger partial charge in [0.15, 0.2) is 0 Å². The van der Waals surface area contributed by atoms with Gasteiger partial charge in [-0.2, -0.15) is 0 Å². The minimum Gasteiger partial charge on any atom is -0.459 e. The number of methoxy groups -OCH3 is 1. The molecule has 0 aromatic rings. The first-order valence-electron chi connectivity index (χ1n) is 2.95. The molecule has 58 valence electrons. The van der Waals surface area contributed by atoms with Crippen LogP contribution in [0.1, 0.15) is 6.92 Å². The summed E-state index contributed by atoms with van der Waals surface area (Å²) in [5.41, 5.74) is 0.824. The summed E-state index contributed by atoms with van der Waals surface area (Å²) >= 11 is 0. The van der Waals surface area contributed by atoms with Crippen molar-refractivity contribution in [1.29, 1.82) is 0 Å². The molecule has 0 atom stereocenters. The lowest BCUT2D eigenvalue weighted by molar-refractivity contribution is -0.146. The Hall–Kier alpha value is -0.830. The predicted octanol–water partition coefficient (Wildman–Crippen LogP) is 0.752. The third-order valence-corrected chi connectivity index (χ3v) is 0.742. The monoisotopic (exact) mass is 144 g/mol. The van der Waals surface area contributed by atoms with E-state index in [9.17, 15) is 4.79 Å². The zero-order valence-electron chi connectivity index (χ0n) is 6.35. The fourth-order valence-corrected chi connectivity index (χ4v) is 0.363. The predicted molar refractivity (Wildman–Crippen MR) is 37.6 cm³/mol. The molecule has 0 bridgehead atoms. The van der Waals surface area contributed by atoms with E-state index in [1.54, 1.807) is 6.92 Å². The van der Waals surface area contributed by atoms with Crippen LogP contribution >= 0.6 is 0 Å². The molecule has 0 fully saturated rings. The van der Waals surface area contributed by atoms with E-state index in [-0.39, 0.29) is 19.2 Å². The van der Waals surface area contributed by atoms with Crippen LogP contribution in [-0.4, -0.2) is 26.3 Å². The molecule has 0 aliphatic carbocycles. The summed E-state index contributed by atoms with van der Waals surface area (Å²) in [4.78, 5) is 10.6. The largest absolute Gasteiger partial charge is 0.459 e. The molecular weight excluding hydrogens is 132 g/mol. The maximum atomic E-state index is 10.6. The highest BCUT2D eigenvalue weighted by Crippen LogP contribution is 1.88. The lowest BCUT2D eigenvalue weighted by Gasteiger charge is -2.01. The average Bonchev–Trinajstić information content (AvgIpc) is 1.85. The molecule has 0 spiro atoms.